The molecule has 176 valence electrons. The standard InChI is InChI=1S/C27H35N3O3/c1-20-16-21(2)18-22(17-20)26(10-14-33-15-11-26)25(32)30-13-7-9-27(19-30,24(31)29(3)4)23-8-5-6-12-28-23/h5-6,8,12,16-18H,7,9-11,13-15,19H2,1-4H3. The molecule has 2 aliphatic heterocycles. The van der Waals surface area contributed by atoms with Crippen molar-refractivity contribution in [2.75, 3.05) is 40.4 Å². The maximum atomic E-state index is 14.3. The van der Waals surface area contributed by atoms with Crippen molar-refractivity contribution in [3.63, 3.8) is 0 Å². The number of nitrogens with zero attached hydrogens (tertiary/aromatic N) is 3. The topological polar surface area (TPSA) is 62.7 Å². The molecule has 0 spiro atoms. The molecule has 2 amide bonds. The Kier molecular flexibility index (Phi) is 6.57. The Hall–Kier alpha value is -2.73. The van der Waals surface area contributed by atoms with Crippen LogP contribution in [0.25, 0.3) is 0 Å². The van der Waals surface area contributed by atoms with Crippen LogP contribution >= 0.6 is 0 Å². The normalized spacial score (nSPS) is 22.6. The molecular weight excluding hydrogens is 414 g/mol. The summed E-state index contributed by atoms with van der Waals surface area (Å²) in [6.07, 6.45) is 4.49. The van der Waals surface area contributed by atoms with Gasteiger partial charge in [0.05, 0.1) is 11.1 Å². The Morgan fingerprint density at radius 1 is 1.00 bits per heavy atom. The lowest BCUT2D eigenvalue weighted by Crippen LogP contribution is -2.59. The molecule has 2 aliphatic rings. The van der Waals surface area contributed by atoms with E-state index in [1.165, 1.54) is 0 Å². The number of ether oxygens (including phenoxy) is 1. The fourth-order valence-electron chi connectivity index (χ4n) is 5.70. The van der Waals surface area contributed by atoms with Gasteiger partial charge in [-0.1, -0.05) is 35.4 Å². The van der Waals surface area contributed by atoms with Crippen LogP contribution in [-0.2, 0) is 25.2 Å². The third kappa shape index (κ3) is 4.29. The molecule has 1 unspecified atom stereocenters. The number of likely N-dealkylation sites (tertiary alicyclic amines) is 1. The smallest absolute Gasteiger partial charge is 0.236 e. The van der Waals surface area contributed by atoms with Crippen LogP contribution in [0.5, 0.6) is 0 Å². The van der Waals surface area contributed by atoms with Crippen LogP contribution in [0.15, 0.2) is 42.6 Å². The summed E-state index contributed by atoms with van der Waals surface area (Å²) in [6.45, 7) is 6.30. The van der Waals surface area contributed by atoms with Crippen molar-refractivity contribution in [3.8, 4) is 0 Å². The summed E-state index contributed by atoms with van der Waals surface area (Å²) < 4.78 is 5.68. The second-order valence-corrected chi connectivity index (χ2v) is 9.90. The Morgan fingerprint density at radius 3 is 2.30 bits per heavy atom. The van der Waals surface area contributed by atoms with Crippen LogP contribution in [-0.4, -0.2) is 67.0 Å². The molecule has 0 bridgehead atoms. The van der Waals surface area contributed by atoms with E-state index in [4.69, 9.17) is 4.74 Å². The van der Waals surface area contributed by atoms with E-state index in [0.717, 1.165) is 28.8 Å². The van der Waals surface area contributed by atoms with Crippen LogP contribution < -0.4 is 0 Å². The Balaban J connectivity index is 1.75. The van der Waals surface area contributed by atoms with Crippen molar-refractivity contribution in [2.45, 2.75) is 50.4 Å². The Morgan fingerprint density at radius 2 is 1.70 bits per heavy atom. The van der Waals surface area contributed by atoms with Gasteiger partial charge in [-0.15, -0.1) is 0 Å². The zero-order valence-electron chi connectivity index (χ0n) is 20.3. The lowest BCUT2D eigenvalue weighted by Gasteiger charge is -2.46. The summed E-state index contributed by atoms with van der Waals surface area (Å²) in [5.41, 5.74) is 2.69. The molecule has 3 heterocycles. The van der Waals surface area contributed by atoms with Crippen LogP contribution in [0.1, 0.15) is 48.1 Å². The van der Waals surface area contributed by atoms with Gasteiger partial charge in [0.25, 0.3) is 0 Å². The number of carbonyl (C=O) groups excluding carboxylic acids is 2. The molecule has 0 radical (unpaired) electrons. The van der Waals surface area contributed by atoms with Gasteiger partial charge in [-0.3, -0.25) is 14.6 Å². The summed E-state index contributed by atoms with van der Waals surface area (Å²) in [5.74, 6) is 0.119. The van der Waals surface area contributed by atoms with Gasteiger partial charge in [-0.05, 0) is 57.2 Å². The minimum absolute atomic E-state index is 0.00567. The molecule has 6 nitrogen and oxygen atoms in total. The molecule has 0 N–H and O–H groups in total. The molecule has 1 aromatic carbocycles. The zero-order chi connectivity index (χ0) is 23.6. The first-order chi connectivity index (χ1) is 15.8. The summed E-state index contributed by atoms with van der Waals surface area (Å²) in [5, 5.41) is 0. The van der Waals surface area contributed by atoms with Gasteiger partial charge in [-0.2, -0.15) is 0 Å². The summed E-state index contributed by atoms with van der Waals surface area (Å²) in [6, 6.07) is 12.1. The van der Waals surface area contributed by atoms with Crippen LogP contribution in [0, 0.1) is 13.8 Å². The predicted octanol–water partition coefficient (Wildman–Crippen LogP) is 3.40. The van der Waals surface area contributed by atoms with E-state index < -0.39 is 10.8 Å². The first-order valence-electron chi connectivity index (χ1n) is 11.9. The Bertz CT molecular complexity index is 994. The molecule has 0 saturated carbocycles. The zero-order valence-corrected chi connectivity index (χ0v) is 20.3. The maximum absolute atomic E-state index is 14.3. The van der Waals surface area contributed by atoms with Crippen molar-refractivity contribution in [1.82, 2.24) is 14.8 Å². The highest BCUT2D eigenvalue weighted by Crippen LogP contribution is 2.41. The fraction of sp³-hybridized carbons (Fsp3) is 0.519. The van der Waals surface area contributed by atoms with E-state index in [1.807, 2.05) is 23.1 Å². The fourth-order valence-corrected chi connectivity index (χ4v) is 5.70. The quantitative estimate of drug-likeness (QED) is 0.718. The van der Waals surface area contributed by atoms with E-state index in [9.17, 15) is 9.59 Å². The second-order valence-electron chi connectivity index (χ2n) is 9.90. The molecular formula is C27H35N3O3. The Labute approximate surface area is 196 Å². The molecule has 2 fully saturated rings. The molecule has 2 aromatic rings. The minimum atomic E-state index is -0.826. The van der Waals surface area contributed by atoms with E-state index in [2.05, 4.69) is 37.0 Å². The van der Waals surface area contributed by atoms with Gasteiger partial charge in [0, 0.05) is 46.6 Å². The van der Waals surface area contributed by atoms with Crippen molar-refractivity contribution in [2.24, 2.45) is 0 Å². The highest BCUT2D eigenvalue weighted by molar-refractivity contribution is 5.92. The van der Waals surface area contributed by atoms with Gasteiger partial charge < -0.3 is 14.5 Å². The number of hydrogen-bond acceptors (Lipinski definition) is 4. The second kappa shape index (κ2) is 9.26. The minimum Gasteiger partial charge on any atom is -0.381 e. The van der Waals surface area contributed by atoms with Crippen LogP contribution in [0.2, 0.25) is 0 Å². The van der Waals surface area contributed by atoms with Gasteiger partial charge in [0.2, 0.25) is 11.8 Å². The number of rotatable bonds is 4. The highest BCUT2D eigenvalue weighted by Gasteiger charge is 2.51. The molecule has 4 rings (SSSR count). The number of carbonyl (C=O) groups is 2. The van der Waals surface area contributed by atoms with Crippen molar-refractivity contribution in [1.29, 1.82) is 0 Å². The summed E-state index contributed by atoms with van der Waals surface area (Å²) in [4.78, 5) is 36.0. The lowest BCUT2D eigenvalue weighted by atomic mass is 9.70. The van der Waals surface area contributed by atoms with Crippen molar-refractivity contribution in [3.05, 3.63) is 65.0 Å². The van der Waals surface area contributed by atoms with Gasteiger partial charge in [-0.25, -0.2) is 0 Å². The first-order valence-corrected chi connectivity index (χ1v) is 11.9. The van der Waals surface area contributed by atoms with Gasteiger partial charge >= 0.3 is 0 Å². The molecule has 0 aliphatic carbocycles. The van der Waals surface area contributed by atoms with Gasteiger partial charge in [0.15, 0.2) is 0 Å². The average molecular weight is 450 g/mol. The van der Waals surface area contributed by atoms with E-state index >= 15 is 0 Å². The van der Waals surface area contributed by atoms with E-state index in [0.29, 0.717) is 45.6 Å². The number of piperidine rings is 1. The first kappa shape index (κ1) is 23.4. The largest absolute Gasteiger partial charge is 0.381 e. The lowest BCUT2D eigenvalue weighted by molar-refractivity contribution is -0.147. The third-order valence-electron chi connectivity index (χ3n) is 7.28. The van der Waals surface area contributed by atoms with Crippen LogP contribution in [0.3, 0.4) is 0 Å². The molecule has 1 atom stereocenters. The van der Waals surface area contributed by atoms with Crippen LogP contribution in [0.4, 0.5) is 0 Å². The van der Waals surface area contributed by atoms with Crippen molar-refractivity contribution < 1.29 is 14.3 Å². The highest BCUT2D eigenvalue weighted by atomic mass is 16.5. The number of benzene rings is 1. The van der Waals surface area contributed by atoms with E-state index in [1.54, 1.807) is 25.2 Å². The predicted molar refractivity (Wildman–Crippen MR) is 128 cm³/mol. The summed E-state index contributed by atoms with van der Waals surface area (Å²) >= 11 is 0. The molecule has 6 heteroatoms. The number of aromatic nitrogens is 1. The molecule has 1 aromatic heterocycles. The SMILES string of the molecule is Cc1cc(C)cc(C2(C(=O)N3CCCC(C(=O)N(C)C)(c4ccccn4)C3)CCOCC2)c1. The number of amides is 2. The number of pyridine rings is 1. The summed E-state index contributed by atoms with van der Waals surface area (Å²) in [7, 11) is 3.56. The number of likely N-dealkylation sites (N-methyl/N-ethyl adjacent to an activating group) is 1. The maximum Gasteiger partial charge on any atom is 0.236 e. The average Bonchev–Trinajstić information content (AvgIpc) is 2.83. The van der Waals surface area contributed by atoms with Gasteiger partial charge in [0.1, 0.15) is 5.41 Å². The number of hydrogen-bond donors (Lipinski definition) is 0. The van der Waals surface area contributed by atoms with E-state index in [-0.39, 0.29) is 11.8 Å². The van der Waals surface area contributed by atoms with Crippen molar-refractivity contribution >= 4 is 11.8 Å². The number of aryl methyl sites for hydroxylation is 2. The monoisotopic (exact) mass is 449 g/mol. The molecule has 2 saturated heterocycles. The third-order valence-corrected chi connectivity index (χ3v) is 7.28. The molecule has 33 heavy (non-hydrogen) atoms.